The molecule has 0 fully saturated rings. The molecule has 0 spiro atoms. The topological polar surface area (TPSA) is 47.3 Å². The zero-order valence-electron chi connectivity index (χ0n) is 13.9. The molecule has 6 heteroatoms. The van der Waals surface area contributed by atoms with Gasteiger partial charge in [-0.05, 0) is 42.3 Å². The van der Waals surface area contributed by atoms with Gasteiger partial charge in [0.1, 0.15) is 0 Å². The fourth-order valence-corrected chi connectivity index (χ4v) is 3.71. The van der Waals surface area contributed by atoms with E-state index in [1.165, 1.54) is 11.3 Å². The average molecular weight is 380 g/mol. The van der Waals surface area contributed by atoms with E-state index in [2.05, 4.69) is 9.97 Å². The van der Waals surface area contributed by atoms with Gasteiger partial charge in [-0.1, -0.05) is 35.9 Å². The van der Waals surface area contributed by atoms with Crippen LogP contribution >= 0.6 is 22.9 Å². The Hall–Kier alpha value is -2.76. The van der Waals surface area contributed by atoms with Crippen molar-refractivity contribution in [1.29, 1.82) is 0 Å². The Kier molecular flexibility index (Phi) is 4.41. The number of rotatable bonds is 3. The maximum Gasteiger partial charge on any atom is 0.262 e. The summed E-state index contributed by atoms with van der Waals surface area (Å²) in [5, 5.41) is 2.61. The molecule has 4 aromatic rings. The molecular weight excluding hydrogens is 366 g/mol. The number of thiazole rings is 1. The first kappa shape index (κ1) is 16.7. The maximum atomic E-state index is 12.9. The normalized spacial score (nSPS) is 11.5. The molecule has 128 valence electrons. The van der Waals surface area contributed by atoms with Gasteiger partial charge >= 0.3 is 0 Å². The van der Waals surface area contributed by atoms with E-state index in [1.807, 2.05) is 53.9 Å². The summed E-state index contributed by atoms with van der Waals surface area (Å²) in [7, 11) is 0. The fourth-order valence-electron chi connectivity index (χ4n) is 2.68. The highest BCUT2D eigenvalue weighted by Gasteiger charge is 2.13. The second-order valence-electron chi connectivity index (χ2n) is 5.79. The van der Waals surface area contributed by atoms with Crippen molar-refractivity contribution < 1.29 is 0 Å². The molecule has 3 aromatic heterocycles. The molecule has 4 nitrogen and oxygen atoms in total. The van der Waals surface area contributed by atoms with Crippen LogP contribution in [0.4, 0.5) is 0 Å². The lowest BCUT2D eigenvalue weighted by molar-refractivity contribution is 1.04. The highest BCUT2D eigenvalue weighted by molar-refractivity contribution is 7.15. The Morgan fingerprint density at radius 1 is 1.15 bits per heavy atom. The molecule has 1 aromatic carbocycles. The largest absolute Gasteiger partial charge is 0.269 e. The third-order valence-electron chi connectivity index (χ3n) is 4.09. The second-order valence-corrected chi connectivity index (χ2v) is 7.07. The SMILES string of the molecule is Cc1c(/C=C/c2cccnc2)nc2scc(-c3ccc(Cl)cc3)n2c1=O. The van der Waals surface area contributed by atoms with Crippen LogP contribution in [0.2, 0.25) is 5.02 Å². The third kappa shape index (κ3) is 3.07. The van der Waals surface area contributed by atoms with Crippen molar-refractivity contribution in [2.45, 2.75) is 6.92 Å². The first-order valence-electron chi connectivity index (χ1n) is 7.98. The second kappa shape index (κ2) is 6.86. The summed E-state index contributed by atoms with van der Waals surface area (Å²) in [5.74, 6) is 0. The molecule has 0 saturated carbocycles. The molecule has 0 unspecified atom stereocenters. The summed E-state index contributed by atoms with van der Waals surface area (Å²) >= 11 is 7.41. The van der Waals surface area contributed by atoms with Crippen molar-refractivity contribution in [3.8, 4) is 11.3 Å². The van der Waals surface area contributed by atoms with Crippen LogP contribution in [0.3, 0.4) is 0 Å². The minimum Gasteiger partial charge on any atom is -0.269 e. The van der Waals surface area contributed by atoms with Gasteiger partial charge in [-0.3, -0.25) is 14.2 Å². The van der Waals surface area contributed by atoms with Gasteiger partial charge in [0.05, 0.1) is 11.4 Å². The fraction of sp³-hybridized carbons (Fsp3) is 0.0500. The predicted molar refractivity (Wildman–Crippen MR) is 108 cm³/mol. The quantitative estimate of drug-likeness (QED) is 0.506. The van der Waals surface area contributed by atoms with E-state index < -0.39 is 0 Å². The van der Waals surface area contributed by atoms with E-state index in [1.54, 1.807) is 23.7 Å². The van der Waals surface area contributed by atoms with Gasteiger partial charge in [0, 0.05) is 28.4 Å². The van der Waals surface area contributed by atoms with E-state index in [0.717, 1.165) is 16.8 Å². The molecule has 0 aliphatic carbocycles. The highest BCUT2D eigenvalue weighted by Crippen LogP contribution is 2.26. The summed E-state index contributed by atoms with van der Waals surface area (Å²) in [4.78, 5) is 22.4. The number of nitrogens with zero attached hydrogens (tertiary/aromatic N) is 3. The van der Waals surface area contributed by atoms with Gasteiger partial charge in [0.2, 0.25) is 0 Å². The highest BCUT2D eigenvalue weighted by atomic mass is 35.5. The van der Waals surface area contributed by atoms with E-state index in [9.17, 15) is 4.79 Å². The molecule has 0 N–H and O–H groups in total. The van der Waals surface area contributed by atoms with Crippen molar-refractivity contribution >= 4 is 40.1 Å². The van der Waals surface area contributed by atoms with Gasteiger partial charge < -0.3 is 0 Å². The standard InChI is InChI=1S/C20H14ClN3OS/c1-13-17(9-4-14-3-2-10-22-11-14)23-20-24(19(13)25)18(12-26-20)15-5-7-16(21)8-6-15/h2-12H,1H3/b9-4+. The van der Waals surface area contributed by atoms with Crippen molar-refractivity contribution in [3.05, 3.63) is 86.4 Å². The van der Waals surface area contributed by atoms with Crippen molar-refractivity contribution in [2.24, 2.45) is 0 Å². The van der Waals surface area contributed by atoms with Crippen LogP contribution in [0.1, 0.15) is 16.8 Å². The summed E-state index contributed by atoms with van der Waals surface area (Å²) in [5.41, 5.74) is 3.93. The first-order chi connectivity index (χ1) is 12.6. The van der Waals surface area contributed by atoms with Gasteiger partial charge in [-0.15, -0.1) is 11.3 Å². The molecule has 3 heterocycles. The zero-order valence-corrected chi connectivity index (χ0v) is 15.5. The van der Waals surface area contributed by atoms with Crippen LogP contribution in [-0.4, -0.2) is 14.4 Å². The number of hydrogen-bond donors (Lipinski definition) is 0. The van der Waals surface area contributed by atoms with E-state index in [0.29, 0.717) is 21.2 Å². The predicted octanol–water partition coefficient (Wildman–Crippen LogP) is 4.95. The van der Waals surface area contributed by atoms with E-state index >= 15 is 0 Å². The molecule has 26 heavy (non-hydrogen) atoms. The van der Waals surface area contributed by atoms with Gasteiger partial charge in [-0.25, -0.2) is 4.98 Å². The van der Waals surface area contributed by atoms with Crippen molar-refractivity contribution in [1.82, 2.24) is 14.4 Å². The summed E-state index contributed by atoms with van der Waals surface area (Å²) in [6.45, 7) is 1.80. The van der Waals surface area contributed by atoms with Crippen molar-refractivity contribution in [2.75, 3.05) is 0 Å². The van der Waals surface area contributed by atoms with E-state index in [-0.39, 0.29) is 5.56 Å². The number of hydrogen-bond acceptors (Lipinski definition) is 4. The average Bonchev–Trinajstić information content (AvgIpc) is 3.09. The van der Waals surface area contributed by atoms with Crippen LogP contribution < -0.4 is 5.56 Å². The van der Waals surface area contributed by atoms with Crippen LogP contribution in [0.15, 0.2) is 59.0 Å². The Morgan fingerprint density at radius 3 is 2.69 bits per heavy atom. The van der Waals surface area contributed by atoms with Gasteiger partial charge in [0.25, 0.3) is 5.56 Å². The lowest BCUT2D eigenvalue weighted by Gasteiger charge is -2.05. The Bertz CT molecular complexity index is 1160. The van der Waals surface area contributed by atoms with Crippen LogP contribution in [0.25, 0.3) is 28.4 Å². The molecule has 4 rings (SSSR count). The lowest BCUT2D eigenvalue weighted by Crippen LogP contribution is -2.18. The molecule has 0 aliphatic heterocycles. The van der Waals surface area contributed by atoms with Gasteiger partial charge in [-0.2, -0.15) is 0 Å². The molecular formula is C20H14ClN3OS. The van der Waals surface area contributed by atoms with Crippen LogP contribution in [0.5, 0.6) is 0 Å². The van der Waals surface area contributed by atoms with E-state index in [4.69, 9.17) is 11.6 Å². The summed E-state index contributed by atoms with van der Waals surface area (Å²) in [6, 6.07) is 11.3. The molecule has 0 atom stereocenters. The monoisotopic (exact) mass is 379 g/mol. The Morgan fingerprint density at radius 2 is 1.96 bits per heavy atom. The maximum absolute atomic E-state index is 12.9. The number of pyridine rings is 1. The minimum absolute atomic E-state index is 0.0629. The molecule has 0 amide bonds. The number of benzene rings is 1. The zero-order chi connectivity index (χ0) is 18.1. The van der Waals surface area contributed by atoms with Gasteiger partial charge in [0.15, 0.2) is 4.96 Å². The third-order valence-corrected chi connectivity index (χ3v) is 5.17. The van der Waals surface area contributed by atoms with Crippen LogP contribution in [0, 0.1) is 6.92 Å². The first-order valence-corrected chi connectivity index (χ1v) is 9.24. The van der Waals surface area contributed by atoms with Crippen molar-refractivity contribution in [3.63, 3.8) is 0 Å². The Balaban J connectivity index is 1.82. The Labute approximate surface area is 159 Å². The number of fused-ring (bicyclic) bond motifs is 1. The molecule has 0 saturated heterocycles. The minimum atomic E-state index is -0.0629. The summed E-state index contributed by atoms with van der Waals surface area (Å²) < 4.78 is 1.66. The smallest absolute Gasteiger partial charge is 0.262 e. The molecule has 0 aliphatic rings. The molecule has 0 bridgehead atoms. The number of aromatic nitrogens is 3. The molecule has 0 radical (unpaired) electrons. The number of halogens is 1. The summed E-state index contributed by atoms with van der Waals surface area (Å²) in [6.07, 6.45) is 7.26. The lowest BCUT2D eigenvalue weighted by atomic mass is 10.1. The van der Waals surface area contributed by atoms with Crippen LogP contribution in [-0.2, 0) is 0 Å².